The molecular weight excluding hydrogens is 310 g/mol. The van der Waals surface area contributed by atoms with E-state index in [0.29, 0.717) is 23.1 Å². The Morgan fingerprint density at radius 1 is 1.17 bits per heavy atom. The largest absolute Gasteiger partial charge is 0.490 e. The first-order valence-corrected chi connectivity index (χ1v) is 7.65. The molecule has 0 aromatic heterocycles. The SMILES string of the molecule is C#CCOc1ccc(C=Nc2cc(Cl)ccc2C)cc1OCC. The lowest BCUT2D eigenvalue weighted by atomic mass is 10.2. The molecule has 0 aliphatic carbocycles. The van der Waals surface area contributed by atoms with Crippen molar-refractivity contribution in [2.75, 3.05) is 13.2 Å². The summed E-state index contributed by atoms with van der Waals surface area (Å²) in [6.45, 7) is 4.65. The zero-order valence-electron chi connectivity index (χ0n) is 13.2. The van der Waals surface area contributed by atoms with Gasteiger partial charge in [-0.05, 0) is 55.3 Å². The highest BCUT2D eigenvalue weighted by Gasteiger charge is 2.05. The van der Waals surface area contributed by atoms with Crippen LogP contribution in [0.3, 0.4) is 0 Å². The van der Waals surface area contributed by atoms with Crippen LogP contribution < -0.4 is 9.47 Å². The fraction of sp³-hybridized carbons (Fsp3) is 0.211. The van der Waals surface area contributed by atoms with Crippen molar-refractivity contribution < 1.29 is 9.47 Å². The van der Waals surface area contributed by atoms with Gasteiger partial charge in [0.05, 0.1) is 12.3 Å². The Hall–Kier alpha value is -2.44. The van der Waals surface area contributed by atoms with E-state index in [4.69, 9.17) is 27.5 Å². The van der Waals surface area contributed by atoms with Gasteiger partial charge in [0.25, 0.3) is 0 Å². The van der Waals surface area contributed by atoms with Crippen LogP contribution in [0.5, 0.6) is 11.5 Å². The van der Waals surface area contributed by atoms with E-state index < -0.39 is 0 Å². The zero-order chi connectivity index (χ0) is 16.7. The summed E-state index contributed by atoms with van der Waals surface area (Å²) in [6, 6.07) is 11.2. The second-order valence-electron chi connectivity index (χ2n) is 4.82. The first kappa shape index (κ1) is 16.9. The maximum atomic E-state index is 6.01. The summed E-state index contributed by atoms with van der Waals surface area (Å²) in [5, 5.41) is 0.663. The van der Waals surface area contributed by atoms with Crippen LogP contribution in [0.25, 0.3) is 0 Å². The number of aryl methyl sites for hydroxylation is 1. The summed E-state index contributed by atoms with van der Waals surface area (Å²) in [6.07, 6.45) is 6.99. The van der Waals surface area contributed by atoms with Crippen molar-refractivity contribution in [1.29, 1.82) is 0 Å². The number of nitrogens with zero attached hydrogens (tertiary/aromatic N) is 1. The predicted octanol–water partition coefficient (Wildman–Crippen LogP) is 4.81. The summed E-state index contributed by atoms with van der Waals surface area (Å²) in [4.78, 5) is 4.49. The molecule has 0 N–H and O–H groups in total. The minimum absolute atomic E-state index is 0.204. The summed E-state index contributed by atoms with van der Waals surface area (Å²) in [5.74, 6) is 3.72. The van der Waals surface area contributed by atoms with E-state index in [0.717, 1.165) is 16.8 Å². The molecule has 118 valence electrons. The summed E-state index contributed by atoms with van der Waals surface area (Å²) in [5.41, 5.74) is 2.80. The van der Waals surface area contributed by atoms with Crippen LogP contribution in [0.2, 0.25) is 5.02 Å². The highest BCUT2D eigenvalue weighted by Crippen LogP contribution is 2.28. The number of aliphatic imine (C=N–C) groups is 1. The topological polar surface area (TPSA) is 30.8 Å². The molecule has 0 saturated carbocycles. The van der Waals surface area contributed by atoms with Gasteiger partial charge in [-0.1, -0.05) is 23.6 Å². The number of terminal acetylenes is 1. The van der Waals surface area contributed by atoms with E-state index >= 15 is 0 Å². The molecule has 0 unspecified atom stereocenters. The Morgan fingerprint density at radius 3 is 2.74 bits per heavy atom. The quantitative estimate of drug-likeness (QED) is 0.563. The third kappa shape index (κ3) is 4.77. The zero-order valence-corrected chi connectivity index (χ0v) is 13.9. The van der Waals surface area contributed by atoms with Crippen molar-refractivity contribution in [3.8, 4) is 23.8 Å². The van der Waals surface area contributed by atoms with Crippen molar-refractivity contribution in [2.45, 2.75) is 13.8 Å². The monoisotopic (exact) mass is 327 g/mol. The maximum absolute atomic E-state index is 6.01. The van der Waals surface area contributed by atoms with Gasteiger partial charge in [-0.2, -0.15) is 0 Å². The van der Waals surface area contributed by atoms with Crippen LogP contribution in [0.4, 0.5) is 5.69 Å². The van der Waals surface area contributed by atoms with Gasteiger partial charge in [0.2, 0.25) is 0 Å². The molecule has 3 nitrogen and oxygen atoms in total. The molecule has 0 atom stereocenters. The number of ether oxygens (including phenoxy) is 2. The van der Waals surface area contributed by atoms with Crippen molar-refractivity contribution in [1.82, 2.24) is 0 Å². The predicted molar refractivity (Wildman–Crippen MR) is 95.4 cm³/mol. The van der Waals surface area contributed by atoms with Crippen LogP contribution in [0.1, 0.15) is 18.1 Å². The van der Waals surface area contributed by atoms with E-state index in [2.05, 4.69) is 10.9 Å². The Balaban J connectivity index is 2.26. The number of halogens is 1. The average Bonchev–Trinajstić information content (AvgIpc) is 2.55. The molecule has 0 spiro atoms. The third-order valence-electron chi connectivity index (χ3n) is 3.10. The minimum atomic E-state index is 0.204. The Bertz CT molecular complexity index is 748. The molecule has 2 aromatic rings. The number of rotatable bonds is 6. The maximum Gasteiger partial charge on any atom is 0.162 e. The van der Waals surface area contributed by atoms with Gasteiger partial charge < -0.3 is 9.47 Å². The van der Waals surface area contributed by atoms with Crippen LogP contribution in [-0.2, 0) is 0 Å². The summed E-state index contributed by atoms with van der Waals surface area (Å²) < 4.78 is 11.1. The van der Waals surface area contributed by atoms with Crippen LogP contribution >= 0.6 is 11.6 Å². The lowest BCUT2D eigenvalue weighted by Crippen LogP contribution is -2.00. The minimum Gasteiger partial charge on any atom is -0.490 e. The second-order valence-corrected chi connectivity index (χ2v) is 5.26. The molecule has 0 aliphatic rings. The van der Waals surface area contributed by atoms with Gasteiger partial charge in [-0.15, -0.1) is 6.42 Å². The molecule has 4 heteroatoms. The molecule has 0 fully saturated rings. The number of benzene rings is 2. The van der Waals surface area contributed by atoms with Gasteiger partial charge in [0.1, 0.15) is 6.61 Å². The molecule has 0 bridgehead atoms. The lowest BCUT2D eigenvalue weighted by molar-refractivity contribution is 0.299. The van der Waals surface area contributed by atoms with Crippen LogP contribution in [-0.4, -0.2) is 19.4 Å². The van der Waals surface area contributed by atoms with Crippen molar-refractivity contribution in [3.63, 3.8) is 0 Å². The van der Waals surface area contributed by atoms with E-state index in [-0.39, 0.29) is 6.61 Å². The first-order valence-electron chi connectivity index (χ1n) is 7.27. The molecule has 0 radical (unpaired) electrons. The molecule has 2 rings (SSSR count). The van der Waals surface area contributed by atoms with E-state index in [1.165, 1.54) is 0 Å². The number of hydrogen-bond acceptors (Lipinski definition) is 3. The number of hydrogen-bond donors (Lipinski definition) is 0. The van der Waals surface area contributed by atoms with E-state index in [1.807, 2.05) is 50.2 Å². The second kappa shape index (κ2) is 8.26. The fourth-order valence-corrected chi connectivity index (χ4v) is 2.14. The summed E-state index contributed by atoms with van der Waals surface area (Å²) in [7, 11) is 0. The molecule has 0 aliphatic heterocycles. The molecule has 0 saturated heterocycles. The van der Waals surface area contributed by atoms with Crippen molar-refractivity contribution in [2.24, 2.45) is 4.99 Å². The van der Waals surface area contributed by atoms with Gasteiger partial charge in [0, 0.05) is 11.2 Å². The average molecular weight is 328 g/mol. The van der Waals surface area contributed by atoms with Gasteiger partial charge in [-0.25, -0.2) is 0 Å². The normalized spacial score (nSPS) is 10.5. The van der Waals surface area contributed by atoms with Crippen molar-refractivity contribution >= 4 is 23.5 Å². The van der Waals surface area contributed by atoms with Crippen molar-refractivity contribution in [3.05, 3.63) is 52.5 Å². The fourth-order valence-electron chi connectivity index (χ4n) is 1.98. The van der Waals surface area contributed by atoms with E-state index in [9.17, 15) is 0 Å². The third-order valence-corrected chi connectivity index (χ3v) is 3.34. The summed E-state index contributed by atoms with van der Waals surface area (Å²) >= 11 is 6.01. The molecular formula is C19H18ClNO2. The van der Waals surface area contributed by atoms with Gasteiger partial charge >= 0.3 is 0 Å². The van der Waals surface area contributed by atoms with E-state index in [1.54, 1.807) is 6.21 Å². The van der Waals surface area contributed by atoms with Crippen LogP contribution in [0.15, 0.2) is 41.4 Å². The van der Waals surface area contributed by atoms with Gasteiger partial charge in [-0.3, -0.25) is 4.99 Å². The Labute approximate surface area is 141 Å². The highest BCUT2D eigenvalue weighted by molar-refractivity contribution is 6.30. The first-order chi connectivity index (χ1) is 11.1. The molecule has 0 heterocycles. The smallest absolute Gasteiger partial charge is 0.162 e. The standard InChI is InChI=1S/C19H18ClNO2/c1-4-10-23-18-9-7-15(11-19(18)22-5-2)13-21-17-12-16(20)8-6-14(17)3/h1,6-9,11-13H,5,10H2,2-3H3. The molecule has 0 amide bonds. The molecule has 2 aromatic carbocycles. The Morgan fingerprint density at radius 2 is 2.00 bits per heavy atom. The van der Waals surface area contributed by atoms with Crippen LogP contribution in [0, 0.1) is 19.3 Å². The van der Waals surface area contributed by atoms with Gasteiger partial charge in [0.15, 0.2) is 11.5 Å². The Kier molecular flexibility index (Phi) is 6.08. The highest BCUT2D eigenvalue weighted by atomic mass is 35.5. The molecule has 23 heavy (non-hydrogen) atoms. The lowest BCUT2D eigenvalue weighted by Gasteiger charge is -2.10.